The Kier molecular flexibility index (Phi) is 3.19. The van der Waals surface area contributed by atoms with Crippen LogP contribution in [0.4, 0.5) is 11.6 Å². The predicted molar refractivity (Wildman–Crippen MR) is 68.1 cm³/mol. The Morgan fingerprint density at radius 3 is 2.88 bits per heavy atom. The first-order valence-corrected chi connectivity index (χ1v) is 5.60. The highest BCUT2D eigenvalue weighted by Gasteiger charge is 2.11. The van der Waals surface area contributed by atoms with Gasteiger partial charge in [0, 0.05) is 19.2 Å². The van der Waals surface area contributed by atoms with Gasteiger partial charge in [0.15, 0.2) is 0 Å². The monoisotopic (exact) mass is 252 g/mol. The van der Waals surface area contributed by atoms with Crippen LogP contribution >= 0.6 is 11.6 Å². The summed E-state index contributed by atoms with van der Waals surface area (Å²) >= 11 is 5.85. The van der Waals surface area contributed by atoms with Crippen LogP contribution < -0.4 is 10.6 Å². The number of anilines is 2. The summed E-state index contributed by atoms with van der Waals surface area (Å²) in [6.45, 7) is 2.82. The van der Waals surface area contributed by atoms with Crippen molar-refractivity contribution in [2.24, 2.45) is 0 Å². The number of rotatable bonds is 3. The van der Waals surface area contributed by atoms with Gasteiger partial charge >= 0.3 is 0 Å². The number of hydrogen-bond donors (Lipinski definition) is 1. The summed E-state index contributed by atoms with van der Waals surface area (Å²) in [5.74, 6) is 0.986. The van der Waals surface area contributed by atoms with Crippen LogP contribution in [0.5, 0.6) is 0 Å². The van der Waals surface area contributed by atoms with Crippen LogP contribution in [0.15, 0.2) is 22.7 Å². The minimum Gasteiger partial charge on any atom is -0.398 e. The Hall–Kier alpha value is -1.75. The van der Waals surface area contributed by atoms with E-state index in [9.17, 15) is 0 Å². The molecular weight excluding hydrogens is 240 g/mol. The van der Waals surface area contributed by atoms with Gasteiger partial charge in [0.05, 0.1) is 10.7 Å². The second kappa shape index (κ2) is 4.63. The van der Waals surface area contributed by atoms with E-state index in [2.05, 4.69) is 10.1 Å². The Labute approximate surface area is 104 Å². The Morgan fingerprint density at radius 2 is 2.24 bits per heavy atom. The molecule has 17 heavy (non-hydrogen) atoms. The smallest absolute Gasteiger partial charge is 0.266 e. The van der Waals surface area contributed by atoms with E-state index in [1.165, 1.54) is 0 Å². The van der Waals surface area contributed by atoms with Crippen molar-refractivity contribution in [3.8, 4) is 11.5 Å². The lowest BCUT2D eigenvalue weighted by Crippen LogP contribution is -2.16. The zero-order chi connectivity index (χ0) is 12.4. The SMILES string of the molecule is CCN(C)c1noc(-c2ccc(Cl)c(N)c2)n1. The molecule has 0 saturated carbocycles. The van der Waals surface area contributed by atoms with E-state index >= 15 is 0 Å². The van der Waals surface area contributed by atoms with Gasteiger partial charge in [0.25, 0.3) is 11.8 Å². The highest BCUT2D eigenvalue weighted by atomic mass is 35.5. The quantitative estimate of drug-likeness (QED) is 0.850. The molecule has 0 bridgehead atoms. The van der Waals surface area contributed by atoms with Gasteiger partial charge in [-0.15, -0.1) is 0 Å². The number of benzene rings is 1. The predicted octanol–water partition coefficient (Wildman–Crippen LogP) is 2.43. The lowest BCUT2D eigenvalue weighted by Gasteiger charge is -2.08. The molecule has 0 atom stereocenters. The second-order valence-electron chi connectivity index (χ2n) is 3.65. The molecule has 0 saturated heterocycles. The third kappa shape index (κ3) is 2.34. The van der Waals surface area contributed by atoms with E-state index in [0.29, 0.717) is 22.5 Å². The Morgan fingerprint density at radius 1 is 1.47 bits per heavy atom. The van der Waals surface area contributed by atoms with E-state index < -0.39 is 0 Å². The van der Waals surface area contributed by atoms with Gasteiger partial charge < -0.3 is 15.2 Å². The molecule has 0 amide bonds. The van der Waals surface area contributed by atoms with Crippen LogP contribution in [0, 0.1) is 0 Å². The number of aromatic nitrogens is 2. The molecule has 0 aliphatic rings. The van der Waals surface area contributed by atoms with Gasteiger partial charge in [0.2, 0.25) is 0 Å². The molecule has 1 aromatic heterocycles. The van der Waals surface area contributed by atoms with Gasteiger partial charge in [-0.25, -0.2) is 0 Å². The third-order valence-electron chi connectivity index (χ3n) is 2.47. The molecule has 2 aromatic rings. The second-order valence-corrected chi connectivity index (χ2v) is 4.06. The van der Waals surface area contributed by atoms with E-state index in [1.807, 2.05) is 18.9 Å². The Bertz CT molecular complexity index is 526. The topological polar surface area (TPSA) is 68.2 Å². The van der Waals surface area contributed by atoms with Gasteiger partial charge in [-0.3, -0.25) is 0 Å². The molecule has 0 unspecified atom stereocenters. The molecule has 5 nitrogen and oxygen atoms in total. The largest absolute Gasteiger partial charge is 0.398 e. The first-order valence-electron chi connectivity index (χ1n) is 5.22. The van der Waals surface area contributed by atoms with E-state index in [1.54, 1.807) is 18.2 Å². The van der Waals surface area contributed by atoms with Crippen molar-refractivity contribution in [1.82, 2.24) is 10.1 Å². The molecule has 0 aliphatic carbocycles. The molecular formula is C11H13ClN4O. The summed E-state index contributed by atoms with van der Waals surface area (Å²) in [6.07, 6.45) is 0. The molecule has 6 heteroatoms. The van der Waals surface area contributed by atoms with Crippen LogP contribution in [0.1, 0.15) is 6.92 Å². The van der Waals surface area contributed by atoms with Crippen molar-refractivity contribution in [3.63, 3.8) is 0 Å². The lowest BCUT2D eigenvalue weighted by atomic mass is 10.2. The lowest BCUT2D eigenvalue weighted by molar-refractivity contribution is 0.430. The van der Waals surface area contributed by atoms with E-state index in [-0.39, 0.29) is 0 Å². The maximum absolute atomic E-state index is 5.85. The van der Waals surface area contributed by atoms with Crippen molar-refractivity contribution in [2.75, 3.05) is 24.2 Å². The minimum absolute atomic E-state index is 0.434. The van der Waals surface area contributed by atoms with Crippen molar-refractivity contribution < 1.29 is 4.52 Å². The fourth-order valence-electron chi connectivity index (χ4n) is 1.31. The first-order chi connectivity index (χ1) is 8.11. The summed E-state index contributed by atoms with van der Waals surface area (Å²) in [4.78, 5) is 6.15. The molecule has 2 rings (SSSR count). The summed E-state index contributed by atoms with van der Waals surface area (Å²) in [5, 5.41) is 4.39. The fourth-order valence-corrected chi connectivity index (χ4v) is 1.42. The number of nitrogen functional groups attached to an aromatic ring is 1. The summed E-state index contributed by atoms with van der Waals surface area (Å²) in [5.41, 5.74) is 6.97. The first kappa shape index (κ1) is 11.7. The van der Waals surface area contributed by atoms with E-state index in [0.717, 1.165) is 12.1 Å². The van der Waals surface area contributed by atoms with Crippen LogP contribution in [0.25, 0.3) is 11.5 Å². The van der Waals surface area contributed by atoms with Gasteiger partial charge in [-0.1, -0.05) is 11.6 Å². The van der Waals surface area contributed by atoms with Crippen molar-refractivity contribution in [2.45, 2.75) is 6.92 Å². The molecule has 0 radical (unpaired) electrons. The average molecular weight is 253 g/mol. The Balaban J connectivity index is 2.33. The van der Waals surface area contributed by atoms with Gasteiger partial charge in [0.1, 0.15) is 0 Å². The summed E-state index contributed by atoms with van der Waals surface area (Å²) in [7, 11) is 1.89. The molecule has 90 valence electrons. The number of nitrogens with two attached hydrogens (primary N) is 1. The standard InChI is InChI=1S/C11H13ClN4O/c1-3-16(2)11-14-10(17-15-11)7-4-5-8(12)9(13)6-7/h4-6H,3,13H2,1-2H3. The maximum Gasteiger partial charge on any atom is 0.266 e. The highest BCUT2D eigenvalue weighted by Crippen LogP contribution is 2.26. The van der Waals surface area contributed by atoms with Crippen LogP contribution in [-0.4, -0.2) is 23.7 Å². The molecule has 0 aliphatic heterocycles. The molecule has 0 spiro atoms. The number of halogens is 1. The highest BCUT2D eigenvalue weighted by molar-refractivity contribution is 6.33. The number of hydrogen-bond acceptors (Lipinski definition) is 5. The van der Waals surface area contributed by atoms with Crippen molar-refractivity contribution >= 4 is 23.2 Å². The molecule has 0 fully saturated rings. The van der Waals surface area contributed by atoms with Crippen molar-refractivity contribution in [3.05, 3.63) is 23.2 Å². The van der Waals surface area contributed by atoms with Gasteiger partial charge in [-0.05, 0) is 30.3 Å². The summed E-state index contributed by atoms with van der Waals surface area (Å²) < 4.78 is 5.17. The van der Waals surface area contributed by atoms with Crippen LogP contribution in [0.3, 0.4) is 0 Å². The molecule has 1 aromatic carbocycles. The zero-order valence-corrected chi connectivity index (χ0v) is 10.4. The molecule has 2 N–H and O–H groups in total. The zero-order valence-electron chi connectivity index (χ0n) is 9.64. The minimum atomic E-state index is 0.434. The summed E-state index contributed by atoms with van der Waals surface area (Å²) in [6, 6.07) is 5.22. The maximum atomic E-state index is 5.85. The van der Waals surface area contributed by atoms with Gasteiger partial charge in [-0.2, -0.15) is 4.98 Å². The number of nitrogens with zero attached hydrogens (tertiary/aromatic N) is 3. The van der Waals surface area contributed by atoms with E-state index in [4.69, 9.17) is 21.9 Å². The van der Waals surface area contributed by atoms with Crippen LogP contribution in [0.2, 0.25) is 5.02 Å². The van der Waals surface area contributed by atoms with Crippen LogP contribution in [-0.2, 0) is 0 Å². The normalized spacial score (nSPS) is 10.5. The third-order valence-corrected chi connectivity index (χ3v) is 2.82. The average Bonchev–Trinajstić information content (AvgIpc) is 2.81. The fraction of sp³-hybridized carbons (Fsp3) is 0.273. The van der Waals surface area contributed by atoms with Crippen molar-refractivity contribution in [1.29, 1.82) is 0 Å². The molecule has 1 heterocycles.